The van der Waals surface area contributed by atoms with Gasteiger partial charge in [0.1, 0.15) is 0 Å². The Morgan fingerprint density at radius 1 is 1.27 bits per heavy atom. The number of aliphatic hydroxyl groups is 1. The van der Waals surface area contributed by atoms with E-state index in [0.717, 1.165) is 24.6 Å². The molecule has 2 rings (SSSR count). The summed E-state index contributed by atoms with van der Waals surface area (Å²) in [5.74, 6) is 1.52. The Bertz CT molecular complexity index is 512. The third-order valence-electron chi connectivity index (χ3n) is 4.66. The van der Waals surface area contributed by atoms with Crippen molar-refractivity contribution in [2.45, 2.75) is 39.2 Å². The van der Waals surface area contributed by atoms with Crippen LogP contribution < -0.4 is 10.6 Å². The van der Waals surface area contributed by atoms with Gasteiger partial charge in [-0.3, -0.25) is 4.99 Å². The molecular weight excluding hydrogens is 439 g/mol. The van der Waals surface area contributed by atoms with Crippen molar-refractivity contribution in [2.24, 2.45) is 10.9 Å². The van der Waals surface area contributed by atoms with E-state index < -0.39 is 6.10 Å². The number of benzene rings is 1. The first-order chi connectivity index (χ1) is 12.2. The molecule has 6 heteroatoms. The predicted molar refractivity (Wildman–Crippen MR) is 120 cm³/mol. The molecule has 0 aliphatic carbocycles. The summed E-state index contributed by atoms with van der Waals surface area (Å²) < 4.78 is 0. The highest BCUT2D eigenvalue weighted by Crippen LogP contribution is 2.17. The van der Waals surface area contributed by atoms with E-state index in [2.05, 4.69) is 29.4 Å². The number of aliphatic imine (C=N–C) groups is 1. The van der Waals surface area contributed by atoms with Gasteiger partial charge in [0, 0.05) is 26.2 Å². The maximum atomic E-state index is 10.2. The van der Waals surface area contributed by atoms with Gasteiger partial charge in [0.15, 0.2) is 5.96 Å². The molecule has 26 heavy (non-hydrogen) atoms. The first-order valence-electron chi connectivity index (χ1n) is 9.70. The lowest BCUT2D eigenvalue weighted by Crippen LogP contribution is -2.38. The fourth-order valence-electron chi connectivity index (χ4n) is 3.31. The Labute approximate surface area is 175 Å². The van der Waals surface area contributed by atoms with Crippen LogP contribution in [0.25, 0.3) is 0 Å². The number of aliphatic hydroxyl groups excluding tert-OH is 1. The van der Waals surface area contributed by atoms with Crippen molar-refractivity contribution in [2.75, 3.05) is 39.3 Å². The smallest absolute Gasteiger partial charge is 0.191 e. The SMILES string of the molecule is CCCN1CCC(CN=C(NCC)NCCC(O)c2ccccc2)C1.I. The number of nitrogens with one attached hydrogen (secondary N) is 2. The number of halogens is 1. The molecule has 1 heterocycles. The van der Waals surface area contributed by atoms with Gasteiger partial charge in [0.25, 0.3) is 0 Å². The molecule has 1 aliphatic rings. The van der Waals surface area contributed by atoms with E-state index in [1.807, 2.05) is 30.3 Å². The summed E-state index contributed by atoms with van der Waals surface area (Å²) in [6.07, 6.45) is 2.70. The Morgan fingerprint density at radius 3 is 2.73 bits per heavy atom. The second-order valence-corrected chi connectivity index (χ2v) is 6.82. The Balaban J connectivity index is 0.00000338. The number of likely N-dealkylation sites (tertiary alicyclic amines) is 1. The summed E-state index contributed by atoms with van der Waals surface area (Å²) in [6.45, 7) is 10.3. The van der Waals surface area contributed by atoms with Crippen molar-refractivity contribution >= 4 is 29.9 Å². The number of hydrogen-bond donors (Lipinski definition) is 3. The fourth-order valence-corrected chi connectivity index (χ4v) is 3.31. The van der Waals surface area contributed by atoms with E-state index in [4.69, 9.17) is 4.99 Å². The van der Waals surface area contributed by atoms with Crippen LogP contribution in [-0.4, -0.2) is 55.2 Å². The Kier molecular flexibility index (Phi) is 11.9. The van der Waals surface area contributed by atoms with Crippen LogP contribution in [0, 0.1) is 5.92 Å². The van der Waals surface area contributed by atoms with Crippen molar-refractivity contribution in [3.05, 3.63) is 35.9 Å². The van der Waals surface area contributed by atoms with Crippen LogP contribution in [0.4, 0.5) is 0 Å². The minimum absolute atomic E-state index is 0. The topological polar surface area (TPSA) is 59.9 Å². The minimum Gasteiger partial charge on any atom is -0.388 e. The van der Waals surface area contributed by atoms with E-state index in [1.54, 1.807) is 0 Å². The lowest BCUT2D eigenvalue weighted by atomic mass is 10.1. The molecule has 2 unspecified atom stereocenters. The van der Waals surface area contributed by atoms with E-state index >= 15 is 0 Å². The zero-order chi connectivity index (χ0) is 17.9. The zero-order valence-corrected chi connectivity index (χ0v) is 18.5. The van der Waals surface area contributed by atoms with Gasteiger partial charge in [-0.25, -0.2) is 0 Å². The molecule has 1 fully saturated rings. The van der Waals surface area contributed by atoms with Gasteiger partial charge in [-0.15, -0.1) is 24.0 Å². The number of guanidine groups is 1. The molecule has 0 amide bonds. The second kappa shape index (κ2) is 13.3. The summed E-state index contributed by atoms with van der Waals surface area (Å²) in [7, 11) is 0. The van der Waals surface area contributed by atoms with Crippen molar-refractivity contribution < 1.29 is 5.11 Å². The molecule has 1 aromatic rings. The molecule has 0 spiro atoms. The van der Waals surface area contributed by atoms with Gasteiger partial charge in [-0.1, -0.05) is 37.3 Å². The quantitative estimate of drug-likeness (QED) is 0.293. The molecule has 148 valence electrons. The molecule has 1 aliphatic heterocycles. The molecule has 0 saturated carbocycles. The third kappa shape index (κ3) is 8.22. The largest absolute Gasteiger partial charge is 0.388 e. The number of hydrogen-bond acceptors (Lipinski definition) is 3. The van der Waals surface area contributed by atoms with Crippen LogP contribution in [0.2, 0.25) is 0 Å². The van der Waals surface area contributed by atoms with Crippen LogP contribution in [0.15, 0.2) is 35.3 Å². The summed E-state index contributed by atoms with van der Waals surface area (Å²) in [4.78, 5) is 7.28. The zero-order valence-electron chi connectivity index (χ0n) is 16.2. The molecule has 0 bridgehead atoms. The maximum absolute atomic E-state index is 10.2. The Hall–Kier alpha value is -0.860. The average Bonchev–Trinajstić information content (AvgIpc) is 3.08. The Morgan fingerprint density at radius 2 is 2.04 bits per heavy atom. The first kappa shape index (κ1) is 23.2. The van der Waals surface area contributed by atoms with Gasteiger partial charge in [-0.05, 0) is 50.8 Å². The summed E-state index contributed by atoms with van der Waals surface area (Å²) in [5.41, 5.74) is 0.966. The normalized spacial score (nSPS) is 19.0. The van der Waals surface area contributed by atoms with E-state index in [1.165, 1.54) is 32.5 Å². The molecule has 0 radical (unpaired) electrons. The first-order valence-corrected chi connectivity index (χ1v) is 9.70. The fraction of sp³-hybridized carbons (Fsp3) is 0.650. The highest BCUT2D eigenvalue weighted by Gasteiger charge is 2.21. The van der Waals surface area contributed by atoms with Gasteiger partial charge < -0.3 is 20.6 Å². The van der Waals surface area contributed by atoms with Crippen molar-refractivity contribution in [1.82, 2.24) is 15.5 Å². The van der Waals surface area contributed by atoms with E-state index in [9.17, 15) is 5.11 Å². The minimum atomic E-state index is -0.436. The van der Waals surface area contributed by atoms with E-state index in [-0.39, 0.29) is 24.0 Å². The van der Waals surface area contributed by atoms with Gasteiger partial charge in [-0.2, -0.15) is 0 Å². The third-order valence-corrected chi connectivity index (χ3v) is 4.66. The standard InChI is InChI=1S/C20H34N4O.HI/c1-3-13-24-14-11-17(16-24)15-23-20(21-4-2)22-12-10-19(25)18-8-6-5-7-9-18;/h5-9,17,19,25H,3-4,10-16H2,1-2H3,(H2,21,22,23);1H. The molecule has 5 nitrogen and oxygen atoms in total. The molecular formula is C20H35IN4O. The summed E-state index contributed by atoms with van der Waals surface area (Å²) in [6, 6.07) is 9.81. The highest BCUT2D eigenvalue weighted by molar-refractivity contribution is 14.0. The van der Waals surface area contributed by atoms with Crippen LogP contribution in [0.3, 0.4) is 0 Å². The van der Waals surface area contributed by atoms with Gasteiger partial charge in [0.05, 0.1) is 6.10 Å². The van der Waals surface area contributed by atoms with Crippen molar-refractivity contribution in [3.63, 3.8) is 0 Å². The van der Waals surface area contributed by atoms with Crippen LogP contribution in [0.1, 0.15) is 44.8 Å². The molecule has 1 saturated heterocycles. The van der Waals surface area contributed by atoms with E-state index in [0.29, 0.717) is 18.9 Å². The van der Waals surface area contributed by atoms with Gasteiger partial charge >= 0.3 is 0 Å². The van der Waals surface area contributed by atoms with Crippen molar-refractivity contribution in [3.8, 4) is 0 Å². The molecule has 2 atom stereocenters. The maximum Gasteiger partial charge on any atom is 0.191 e. The van der Waals surface area contributed by atoms with Crippen molar-refractivity contribution in [1.29, 1.82) is 0 Å². The summed E-state index contributed by atoms with van der Waals surface area (Å²) in [5, 5.41) is 16.9. The molecule has 0 aromatic heterocycles. The summed E-state index contributed by atoms with van der Waals surface area (Å²) >= 11 is 0. The molecule has 1 aromatic carbocycles. The van der Waals surface area contributed by atoms with Crippen LogP contribution in [0.5, 0.6) is 0 Å². The van der Waals surface area contributed by atoms with Crippen LogP contribution >= 0.6 is 24.0 Å². The predicted octanol–water partition coefficient (Wildman–Crippen LogP) is 3.02. The number of nitrogens with zero attached hydrogens (tertiary/aromatic N) is 2. The second-order valence-electron chi connectivity index (χ2n) is 6.82. The highest BCUT2D eigenvalue weighted by atomic mass is 127. The monoisotopic (exact) mass is 474 g/mol. The number of rotatable bonds is 9. The molecule has 3 N–H and O–H groups in total. The van der Waals surface area contributed by atoms with Gasteiger partial charge in [0.2, 0.25) is 0 Å². The lowest BCUT2D eigenvalue weighted by molar-refractivity contribution is 0.168. The average molecular weight is 474 g/mol. The van der Waals surface area contributed by atoms with Crippen LogP contribution in [-0.2, 0) is 0 Å². The lowest BCUT2D eigenvalue weighted by Gasteiger charge is -2.16.